The van der Waals surface area contributed by atoms with Gasteiger partial charge in [0.25, 0.3) is 5.91 Å². The molecular weight excluding hydrogens is 294 g/mol. The number of carboxylic acid groups (broad SMARTS) is 1. The zero-order chi connectivity index (χ0) is 16.7. The number of hydrogen-bond donors (Lipinski definition) is 2. The number of amides is 1. The molecule has 0 spiro atoms. The minimum absolute atomic E-state index is 0.0474. The fourth-order valence-electron chi connectivity index (χ4n) is 2.27. The van der Waals surface area contributed by atoms with E-state index in [1.165, 1.54) is 0 Å². The molecule has 1 aromatic rings. The second-order valence-corrected chi connectivity index (χ2v) is 5.49. The lowest BCUT2D eigenvalue weighted by Gasteiger charge is -2.10. The van der Waals surface area contributed by atoms with Crippen LogP contribution in [0, 0.1) is 12.3 Å². The van der Waals surface area contributed by atoms with Crippen LogP contribution in [0.1, 0.15) is 41.6 Å². The number of rotatable bonds is 9. The van der Waals surface area contributed by atoms with Gasteiger partial charge in [0.2, 0.25) is 0 Å². The molecule has 0 unspecified atom stereocenters. The first-order valence-corrected chi connectivity index (χ1v) is 7.51. The number of nitrogens with one attached hydrogen (secondary N) is 1. The maximum Gasteiger partial charge on any atom is 0.303 e. The van der Waals surface area contributed by atoms with Crippen LogP contribution in [0.2, 0.25) is 0 Å². The lowest BCUT2D eigenvalue weighted by atomic mass is 10.0. The van der Waals surface area contributed by atoms with Gasteiger partial charge in [0.05, 0.1) is 0 Å². The Morgan fingerprint density at radius 2 is 2.09 bits per heavy atom. The highest BCUT2D eigenvalue weighted by Gasteiger charge is 2.38. The zero-order valence-electron chi connectivity index (χ0n) is 12.8. The van der Waals surface area contributed by atoms with Crippen molar-refractivity contribution in [1.29, 1.82) is 0 Å². The SMILES string of the molecule is C#CCCC1(CCNC(=O)c2cccc(CCC(=O)O)c2)N=N1. The predicted molar refractivity (Wildman–Crippen MR) is 85.0 cm³/mol. The predicted octanol–water partition coefficient (Wildman–Crippen LogP) is 2.40. The van der Waals surface area contributed by atoms with Crippen molar-refractivity contribution in [3.63, 3.8) is 0 Å². The third-order valence-corrected chi connectivity index (χ3v) is 3.68. The summed E-state index contributed by atoms with van der Waals surface area (Å²) in [5.74, 6) is 1.53. The maximum absolute atomic E-state index is 12.1. The van der Waals surface area contributed by atoms with E-state index in [9.17, 15) is 9.59 Å². The smallest absolute Gasteiger partial charge is 0.303 e. The molecule has 0 aliphatic carbocycles. The highest BCUT2D eigenvalue weighted by molar-refractivity contribution is 5.94. The molecule has 23 heavy (non-hydrogen) atoms. The normalized spacial score (nSPS) is 14.0. The van der Waals surface area contributed by atoms with Gasteiger partial charge in [-0.15, -0.1) is 12.3 Å². The first kappa shape index (κ1) is 16.7. The van der Waals surface area contributed by atoms with E-state index in [0.717, 1.165) is 5.56 Å². The number of hydrogen-bond acceptors (Lipinski definition) is 4. The Labute approximate surface area is 135 Å². The molecule has 0 saturated carbocycles. The zero-order valence-corrected chi connectivity index (χ0v) is 12.8. The molecule has 2 rings (SSSR count). The number of benzene rings is 1. The van der Waals surface area contributed by atoms with E-state index in [1.54, 1.807) is 18.2 Å². The number of aliphatic carboxylic acids is 1. The summed E-state index contributed by atoms with van der Waals surface area (Å²) in [6.45, 7) is 0.468. The highest BCUT2D eigenvalue weighted by Crippen LogP contribution is 2.36. The van der Waals surface area contributed by atoms with Crippen molar-refractivity contribution in [2.75, 3.05) is 6.54 Å². The Bertz CT molecular complexity index is 655. The van der Waals surface area contributed by atoms with Crippen LogP contribution in [0.5, 0.6) is 0 Å². The fourth-order valence-corrected chi connectivity index (χ4v) is 2.27. The van der Waals surface area contributed by atoms with Crippen molar-refractivity contribution in [3.05, 3.63) is 35.4 Å². The summed E-state index contributed by atoms with van der Waals surface area (Å²) >= 11 is 0. The monoisotopic (exact) mass is 313 g/mol. The van der Waals surface area contributed by atoms with E-state index in [0.29, 0.717) is 37.8 Å². The van der Waals surface area contributed by atoms with Crippen molar-refractivity contribution >= 4 is 11.9 Å². The maximum atomic E-state index is 12.1. The van der Waals surface area contributed by atoms with Gasteiger partial charge in [-0.1, -0.05) is 12.1 Å². The van der Waals surface area contributed by atoms with Crippen molar-refractivity contribution in [1.82, 2.24) is 5.32 Å². The Morgan fingerprint density at radius 1 is 1.30 bits per heavy atom. The molecule has 0 radical (unpaired) electrons. The molecule has 1 aliphatic rings. The Kier molecular flexibility index (Phi) is 5.47. The second-order valence-electron chi connectivity index (χ2n) is 5.49. The van der Waals surface area contributed by atoms with E-state index in [4.69, 9.17) is 11.5 Å². The summed E-state index contributed by atoms with van der Waals surface area (Å²) in [6.07, 6.45) is 7.66. The van der Waals surface area contributed by atoms with Gasteiger partial charge >= 0.3 is 5.97 Å². The molecule has 2 N–H and O–H groups in total. The molecule has 120 valence electrons. The third-order valence-electron chi connectivity index (χ3n) is 3.68. The summed E-state index contributed by atoms with van der Waals surface area (Å²) in [5.41, 5.74) is 0.955. The summed E-state index contributed by atoms with van der Waals surface area (Å²) < 4.78 is 0. The Balaban J connectivity index is 1.80. The van der Waals surface area contributed by atoms with E-state index < -0.39 is 11.6 Å². The van der Waals surface area contributed by atoms with Crippen LogP contribution in [-0.4, -0.2) is 29.2 Å². The average molecular weight is 313 g/mol. The molecule has 1 heterocycles. The summed E-state index contributed by atoms with van der Waals surface area (Å²) in [6, 6.07) is 7.00. The quantitative estimate of drug-likeness (QED) is 0.686. The number of nitrogens with zero attached hydrogens (tertiary/aromatic N) is 2. The first-order chi connectivity index (χ1) is 11.0. The van der Waals surface area contributed by atoms with Gasteiger partial charge in [-0.2, -0.15) is 10.2 Å². The van der Waals surface area contributed by atoms with Crippen LogP contribution in [0.15, 0.2) is 34.5 Å². The Hall–Kier alpha value is -2.68. The molecule has 0 aromatic heterocycles. The molecule has 0 bridgehead atoms. The van der Waals surface area contributed by atoms with Crippen molar-refractivity contribution in [2.45, 2.75) is 37.8 Å². The van der Waals surface area contributed by atoms with Gasteiger partial charge in [0, 0.05) is 37.8 Å². The largest absolute Gasteiger partial charge is 0.481 e. The van der Waals surface area contributed by atoms with Crippen LogP contribution in [0.25, 0.3) is 0 Å². The van der Waals surface area contributed by atoms with Crippen molar-refractivity contribution in [3.8, 4) is 12.3 Å². The van der Waals surface area contributed by atoms with Gasteiger partial charge in [0.1, 0.15) is 0 Å². The van der Waals surface area contributed by atoms with Gasteiger partial charge < -0.3 is 10.4 Å². The molecular formula is C17H19N3O3. The number of carbonyl (C=O) groups excluding carboxylic acids is 1. The van der Waals surface area contributed by atoms with E-state index in [2.05, 4.69) is 21.5 Å². The lowest BCUT2D eigenvalue weighted by Crippen LogP contribution is -2.28. The summed E-state index contributed by atoms with van der Waals surface area (Å²) in [4.78, 5) is 22.7. The molecule has 0 saturated heterocycles. The third kappa shape index (κ3) is 5.22. The summed E-state index contributed by atoms with van der Waals surface area (Å²) in [7, 11) is 0. The fraction of sp³-hybridized carbons (Fsp3) is 0.412. The number of carbonyl (C=O) groups is 2. The topological polar surface area (TPSA) is 91.1 Å². The standard InChI is InChI=1S/C17H19N3O3/c1-2-3-9-17(19-20-17)10-11-18-16(23)14-6-4-5-13(12-14)7-8-15(21)22/h1,4-6,12H,3,7-11H2,(H,18,23)(H,21,22). The van der Waals surface area contributed by atoms with Gasteiger partial charge in [-0.05, 0) is 24.1 Å². The Morgan fingerprint density at radius 3 is 2.74 bits per heavy atom. The molecule has 1 aliphatic heterocycles. The van der Waals surface area contributed by atoms with Crippen LogP contribution in [-0.2, 0) is 11.2 Å². The van der Waals surface area contributed by atoms with Crippen LogP contribution in [0.4, 0.5) is 0 Å². The molecule has 1 amide bonds. The van der Waals surface area contributed by atoms with E-state index in [1.807, 2.05) is 6.07 Å². The van der Waals surface area contributed by atoms with Gasteiger partial charge in [-0.25, -0.2) is 0 Å². The van der Waals surface area contributed by atoms with Gasteiger partial charge in [0.15, 0.2) is 5.66 Å². The lowest BCUT2D eigenvalue weighted by molar-refractivity contribution is -0.136. The van der Waals surface area contributed by atoms with Crippen LogP contribution in [0.3, 0.4) is 0 Å². The highest BCUT2D eigenvalue weighted by atomic mass is 16.4. The number of terminal acetylenes is 1. The number of aryl methyl sites for hydroxylation is 1. The summed E-state index contributed by atoms with van der Waals surface area (Å²) in [5, 5.41) is 19.6. The molecule has 6 heteroatoms. The van der Waals surface area contributed by atoms with Crippen molar-refractivity contribution < 1.29 is 14.7 Å². The second kappa shape index (κ2) is 7.54. The van der Waals surface area contributed by atoms with Crippen LogP contribution >= 0.6 is 0 Å². The van der Waals surface area contributed by atoms with Crippen LogP contribution < -0.4 is 5.32 Å². The molecule has 0 atom stereocenters. The van der Waals surface area contributed by atoms with Gasteiger partial charge in [-0.3, -0.25) is 9.59 Å². The molecule has 0 fully saturated rings. The number of carboxylic acids is 1. The van der Waals surface area contributed by atoms with E-state index >= 15 is 0 Å². The van der Waals surface area contributed by atoms with E-state index in [-0.39, 0.29) is 12.3 Å². The minimum atomic E-state index is -0.853. The molecule has 1 aromatic carbocycles. The van der Waals surface area contributed by atoms with Crippen molar-refractivity contribution in [2.24, 2.45) is 10.2 Å². The molecule has 6 nitrogen and oxygen atoms in total. The minimum Gasteiger partial charge on any atom is -0.481 e. The first-order valence-electron chi connectivity index (χ1n) is 7.51. The average Bonchev–Trinajstić information content (AvgIpc) is 3.31.